The van der Waals surface area contributed by atoms with E-state index >= 15 is 0 Å². The molecule has 0 saturated carbocycles. The van der Waals surface area contributed by atoms with Crippen LogP contribution >= 0.6 is 0 Å². The van der Waals surface area contributed by atoms with Crippen molar-refractivity contribution in [3.63, 3.8) is 0 Å². The fourth-order valence-corrected chi connectivity index (χ4v) is 3.11. The Labute approximate surface area is 177 Å². The molecule has 6 nitrogen and oxygen atoms in total. The summed E-state index contributed by atoms with van der Waals surface area (Å²) in [5, 5.41) is 5.27. The summed E-state index contributed by atoms with van der Waals surface area (Å²) in [6, 6.07) is 16.7. The number of hydrogen-bond acceptors (Lipinski definition) is 3. The second-order valence-electron chi connectivity index (χ2n) is 7.30. The van der Waals surface area contributed by atoms with Gasteiger partial charge < -0.3 is 16.4 Å². The smallest absolute Gasteiger partial charge is 0.312 e. The Morgan fingerprint density at radius 3 is 2.17 bits per heavy atom. The van der Waals surface area contributed by atoms with Crippen LogP contribution in [0.1, 0.15) is 32.3 Å². The summed E-state index contributed by atoms with van der Waals surface area (Å²) in [6.07, 6.45) is 0.954. The van der Waals surface area contributed by atoms with Crippen LogP contribution in [-0.4, -0.2) is 30.3 Å². The van der Waals surface area contributed by atoms with Crippen molar-refractivity contribution < 1.29 is 14.4 Å². The molecule has 158 valence electrons. The lowest BCUT2D eigenvalue weighted by molar-refractivity contribution is -0.128. The molecule has 2 aromatic carbocycles. The fraction of sp³-hybridized carbons (Fsp3) is 0.292. The molecule has 0 aromatic heterocycles. The van der Waals surface area contributed by atoms with Crippen molar-refractivity contribution in [1.82, 2.24) is 10.6 Å². The van der Waals surface area contributed by atoms with E-state index in [1.807, 2.05) is 54.6 Å². The van der Waals surface area contributed by atoms with Crippen molar-refractivity contribution in [3.05, 3.63) is 66.7 Å². The molecule has 0 spiro atoms. The first-order valence-electron chi connectivity index (χ1n) is 9.98. The lowest BCUT2D eigenvalue weighted by Gasteiger charge is -2.20. The first-order valence-corrected chi connectivity index (χ1v) is 9.98. The van der Waals surface area contributed by atoms with Gasteiger partial charge in [-0.25, -0.2) is 4.79 Å². The molecule has 0 fully saturated rings. The second-order valence-corrected chi connectivity index (χ2v) is 7.30. The number of nitrogens with one attached hydrogen (secondary N) is 2. The van der Waals surface area contributed by atoms with E-state index in [2.05, 4.69) is 17.2 Å². The maximum absolute atomic E-state index is 12.7. The molecule has 0 radical (unpaired) electrons. The Kier molecular flexibility index (Phi) is 8.35. The van der Waals surface area contributed by atoms with Crippen molar-refractivity contribution in [3.8, 4) is 11.1 Å². The minimum atomic E-state index is -0.610. The predicted octanol–water partition coefficient (Wildman–Crippen LogP) is 3.53. The van der Waals surface area contributed by atoms with Gasteiger partial charge in [-0.1, -0.05) is 61.2 Å². The van der Waals surface area contributed by atoms with Crippen molar-refractivity contribution in [2.24, 2.45) is 11.7 Å². The van der Waals surface area contributed by atoms with Crippen molar-refractivity contribution >= 4 is 23.3 Å². The number of nitrogens with two attached hydrogens (primary N) is 1. The number of hydrogen-bond donors (Lipinski definition) is 3. The summed E-state index contributed by atoms with van der Waals surface area (Å²) in [4.78, 5) is 35.3. The van der Waals surface area contributed by atoms with E-state index in [0.29, 0.717) is 25.0 Å². The highest BCUT2D eigenvalue weighted by molar-refractivity contribution is 5.94. The number of ketones is 1. The largest absolute Gasteiger partial charge is 0.352 e. The molecule has 0 aliphatic heterocycles. The van der Waals surface area contributed by atoms with Gasteiger partial charge in [-0.2, -0.15) is 0 Å². The van der Waals surface area contributed by atoms with Crippen LogP contribution in [-0.2, 0) is 9.59 Å². The predicted molar refractivity (Wildman–Crippen MR) is 120 cm³/mol. The van der Waals surface area contributed by atoms with E-state index in [-0.39, 0.29) is 11.7 Å². The number of carbonyl (C=O) groups excluding carboxylic acids is 3. The monoisotopic (exact) mass is 407 g/mol. The molecule has 0 unspecified atom stereocenters. The zero-order valence-corrected chi connectivity index (χ0v) is 17.5. The molecule has 0 heterocycles. The molecule has 2 atom stereocenters. The van der Waals surface area contributed by atoms with Gasteiger partial charge >= 0.3 is 6.03 Å². The summed E-state index contributed by atoms with van der Waals surface area (Å²) in [5.74, 6) is -0.874. The number of rotatable bonds is 10. The standard InChI is InChI=1S/C24H29N3O3/c1-16(19-11-13-21(14-12-19)20-8-5-4-6-9-20)17(2)23(29)27-22(18(3)28)10-7-15-26-24(25)30/h4-6,8-9,11-14,17,22H,1,7,10,15H2,2-3H3,(H,27,29)(H3,25,26,30)/t17-,22-/m0/s1. The molecule has 0 bridgehead atoms. The van der Waals surface area contributed by atoms with Gasteiger partial charge in [-0.15, -0.1) is 0 Å². The van der Waals surface area contributed by atoms with Gasteiger partial charge in [0, 0.05) is 6.54 Å². The molecule has 4 N–H and O–H groups in total. The zero-order valence-electron chi connectivity index (χ0n) is 17.5. The van der Waals surface area contributed by atoms with Gasteiger partial charge in [0.25, 0.3) is 0 Å². The Balaban J connectivity index is 1.97. The fourth-order valence-electron chi connectivity index (χ4n) is 3.11. The Bertz CT molecular complexity index is 892. The summed E-state index contributed by atoms with van der Waals surface area (Å²) < 4.78 is 0. The molecular formula is C24H29N3O3. The van der Waals surface area contributed by atoms with Crippen LogP contribution < -0.4 is 16.4 Å². The molecule has 30 heavy (non-hydrogen) atoms. The third kappa shape index (κ3) is 6.58. The SMILES string of the molecule is C=C(c1ccc(-c2ccccc2)cc1)[C@H](C)C(=O)N[C@@H](CCCNC(N)=O)C(C)=O. The van der Waals surface area contributed by atoms with E-state index in [0.717, 1.165) is 16.7 Å². The third-order valence-electron chi connectivity index (χ3n) is 5.05. The topological polar surface area (TPSA) is 101 Å². The number of benzene rings is 2. The van der Waals surface area contributed by atoms with Gasteiger partial charge in [-0.3, -0.25) is 9.59 Å². The van der Waals surface area contributed by atoms with Crippen LogP contribution in [0.5, 0.6) is 0 Å². The van der Waals surface area contributed by atoms with Gasteiger partial charge in [0.15, 0.2) is 5.78 Å². The van der Waals surface area contributed by atoms with E-state index in [1.54, 1.807) is 6.92 Å². The highest BCUT2D eigenvalue weighted by atomic mass is 16.2. The quantitative estimate of drug-likeness (QED) is 0.525. The molecular weight excluding hydrogens is 378 g/mol. The molecule has 2 aromatic rings. The summed E-state index contributed by atoms with van der Waals surface area (Å²) in [6.45, 7) is 7.65. The van der Waals surface area contributed by atoms with Crippen molar-refractivity contribution in [1.29, 1.82) is 0 Å². The highest BCUT2D eigenvalue weighted by Gasteiger charge is 2.23. The summed E-state index contributed by atoms with van der Waals surface area (Å²) >= 11 is 0. The molecule has 0 aliphatic carbocycles. The summed E-state index contributed by atoms with van der Waals surface area (Å²) in [5.41, 5.74) is 8.80. The van der Waals surface area contributed by atoms with Crippen LogP contribution in [0.2, 0.25) is 0 Å². The van der Waals surface area contributed by atoms with Gasteiger partial charge in [0.1, 0.15) is 0 Å². The molecule has 6 heteroatoms. The lowest BCUT2D eigenvalue weighted by Crippen LogP contribution is -2.43. The average molecular weight is 408 g/mol. The summed E-state index contributed by atoms with van der Waals surface area (Å²) in [7, 11) is 0. The first kappa shape index (κ1) is 22.9. The number of urea groups is 1. The van der Waals surface area contributed by atoms with Gasteiger partial charge in [-0.05, 0) is 49.0 Å². The van der Waals surface area contributed by atoms with E-state index in [4.69, 9.17) is 5.73 Å². The van der Waals surface area contributed by atoms with Crippen LogP contribution in [0.4, 0.5) is 4.79 Å². The Morgan fingerprint density at radius 1 is 1.00 bits per heavy atom. The molecule has 0 saturated heterocycles. The average Bonchev–Trinajstić information content (AvgIpc) is 2.75. The minimum Gasteiger partial charge on any atom is -0.352 e. The van der Waals surface area contributed by atoms with Crippen LogP contribution in [0.3, 0.4) is 0 Å². The first-order chi connectivity index (χ1) is 14.3. The zero-order chi connectivity index (χ0) is 22.1. The van der Waals surface area contributed by atoms with Gasteiger partial charge in [0.2, 0.25) is 5.91 Å². The van der Waals surface area contributed by atoms with E-state index in [1.165, 1.54) is 6.92 Å². The number of Topliss-reactive ketones (excluding diaryl/α,β-unsaturated/α-hetero) is 1. The third-order valence-corrected chi connectivity index (χ3v) is 5.05. The van der Waals surface area contributed by atoms with Crippen molar-refractivity contribution in [2.75, 3.05) is 6.54 Å². The molecule has 2 rings (SSSR count). The number of primary amides is 1. The van der Waals surface area contributed by atoms with Gasteiger partial charge in [0.05, 0.1) is 12.0 Å². The Hall–Kier alpha value is -3.41. The van der Waals surface area contributed by atoms with E-state index < -0.39 is 18.0 Å². The van der Waals surface area contributed by atoms with Crippen LogP contribution in [0.25, 0.3) is 16.7 Å². The minimum absolute atomic E-state index is 0.132. The Morgan fingerprint density at radius 2 is 1.60 bits per heavy atom. The van der Waals surface area contributed by atoms with Crippen molar-refractivity contribution in [2.45, 2.75) is 32.7 Å². The molecule has 3 amide bonds. The second kappa shape index (κ2) is 11.0. The maximum Gasteiger partial charge on any atom is 0.312 e. The maximum atomic E-state index is 12.7. The molecule has 0 aliphatic rings. The van der Waals surface area contributed by atoms with Crippen LogP contribution in [0.15, 0.2) is 61.2 Å². The number of carbonyl (C=O) groups is 3. The van der Waals surface area contributed by atoms with Crippen LogP contribution in [0, 0.1) is 5.92 Å². The lowest BCUT2D eigenvalue weighted by atomic mass is 9.92. The van der Waals surface area contributed by atoms with E-state index in [9.17, 15) is 14.4 Å². The normalized spacial score (nSPS) is 12.5. The highest BCUT2D eigenvalue weighted by Crippen LogP contribution is 2.25. The number of amides is 3.